The number of halogens is 1. The van der Waals surface area contributed by atoms with Crippen LogP contribution in [0.25, 0.3) is 0 Å². The minimum Gasteiger partial charge on any atom is -0.356 e. The number of nitrogens with zero attached hydrogens (tertiary/aromatic N) is 1. The summed E-state index contributed by atoms with van der Waals surface area (Å²) in [6.07, 6.45) is 0. The molecule has 0 radical (unpaired) electrons. The molecule has 3 N–H and O–H groups in total. The summed E-state index contributed by atoms with van der Waals surface area (Å²) < 4.78 is 12.9. The average Bonchev–Trinajstić information content (AvgIpc) is 2.28. The molecule has 1 aromatic rings. The standard InChI is InChI=1S/C13H18FN3O/c1-13(2)8-17(11(7-15)12(18)16-13)10-5-3-9(14)4-6-10/h3-6,11H,7-8,15H2,1-2H3,(H,16,18). The maximum Gasteiger partial charge on any atom is 0.244 e. The van der Waals surface area contributed by atoms with Crippen LogP contribution >= 0.6 is 0 Å². The average molecular weight is 251 g/mol. The molecule has 1 aliphatic heterocycles. The molecule has 1 aliphatic rings. The van der Waals surface area contributed by atoms with E-state index in [1.807, 2.05) is 18.7 Å². The molecule has 1 amide bonds. The van der Waals surface area contributed by atoms with Crippen molar-refractivity contribution in [2.75, 3.05) is 18.0 Å². The van der Waals surface area contributed by atoms with Crippen molar-refractivity contribution in [1.82, 2.24) is 5.32 Å². The van der Waals surface area contributed by atoms with Gasteiger partial charge in [0, 0.05) is 18.8 Å². The lowest BCUT2D eigenvalue weighted by molar-refractivity contribution is -0.125. The zero-order chi connectivity index (χ0) is 13.3. The van der Waals surface area contributed by atoms with Crippen molar-refractivity contribution in [2.24, 2.45) is 5.73 Å². The van der Waals surface area contributed by atoms with E-state index in [1.54, 1.807) is 12.1 Å². The molecule has 1 fully saturated rings. The van der Waals surface area contributed by atoms with Crippen LogP contribution in [0, 0.1) is 5.82 Å². The topological polar surface area (TPSA) is 58.4 Å². The number of anilines is 1. The van der Waals surface area contributed by atoms with Crippen LogP contribution in [0.2, 0.25) is 0 Å². The Labute approximate surface area is 106 Å². The van der Waals surface area contributed by atoms with Gasteiger partial charge in [-0.1, -0.05) is 0 Å². The lowest BCUT2D eigenvalue weighted by Gasteiger charge is -2.44. The second kappa shape index (κ2) is 4.57. The van der Waals surface area contributed by atoms with Crippen molar-refractivity contribution in [1.29, 1.82) is 0 Å². The smallest absolute Gasteiger partial charge is 0.244 e. The molecule has 0 bridgehead atoms. The number of carbonyl (C=O) groups is 1. The van der Waals surface area contributed by atoms with Crippen molar-refractivity contribution in [2.45, 2.75) is 25.4 Å². The van der Waals surface area contributed by atoms with E-state index >= 15 is 0 Å². The molecule has 0 aromatic heterocycles. The second-order valence-electron chi connectivity index (χ2n) is 5.23. The van der Waals surface area contributed by atoms with Gasteiger partial charge in [-0.25, -0.2) is 4.39 Å². The van der Waals surface area contributed by atoms with Crippen LogP contribution < -0.4 is 16.0 Å². The summed E-state index contributed by atoms with van der Waals surface area (Å²) in [6, 6.07) is 5.73. The van der Waals surface area contributed by atoms with E-state index in [1.165, 1.54) is 12.1 Å². The first kappa shape index (κ1) is 12.8. The summed E-state index contributed by atoms with van der Waals surface area (Å²) >= 11 is 0. The Morgan fingerprint density at radius 3 is 2.61 bits per heavy atom. The Hall–Kier alpha value is -1.62. The third-order valence-electron chi connectivity index (χ3n) is 3.09. The molecule has 18 heavy (non-hydrogen) atoms. The maximum absolute atomic E-state index is 12.9. The van der Waals surface area contributed by atoms with Crippen LogP contribution in [0.5, 0.6) is 0 Å². The SMILES string of the molecule is CC1(C)CN(c2ccc(F)cc2)C(CN)C(=O)N1. The van der Waals surface area contributed by atoms with Crippen molar-refractivity contribution < 1.29 is 9.18 Å². The van der Waals surface area contributed by atoms with Gasteiger partial charge in [0.1, 0.15) is 11.9 Å². The molecule has 0 saturated carbocycles. The number of nitrogens with one attached hydrogen (secondary N) is 1. The van der Waals surface area contributed by atoms with Crippen molar-refractivity contribution >= 4 is 11.6 Å². The Morgan fingerprint density at radius 1 is 1.44 bits per heavy atom. The highest BCUT2D eigenvalue weighted by molar-refractivity contribution is 5.87. The minimum absolute atomic E-state index is 0.0851. The van der Waals surface area contributed by atoms with Crippen LogP contribution in [0.1, 0.15) is 13.8 Å². The van der Waals surface area contributed by atoms with Crippen LogP contribution in [-0.2, 0) is 4.79 Å². The highest BCUT2D eigenvalue weighted by atomic mass is 19.1. The van der Waals surface area contributed by atoms with Crippen LogP contribution in [0.3, 0.4) is 0 Å². The molecule has 1 unspecified atom stereocenters. The van der Waals surface area contributed by atoms with Gasteiger partial charge in [0.15, 0.2) is 0 Å². The fraction of sp³-hybridized carbons (Fsp3) is 0.462. The second-order valence-corrected chi connectivity index (χ2v) is 5.23. The summed E-state index contributed by atoms with van der Waals surface area (Å²) in [4.78, 5) is 13.9. The van der Waals surface area contributed by atoms with Crippen molar-refractivity contribution in [3.63, 3.8) is 0 Å². The van der Waals surface area contributed by atoms with Gasteiger partial charge in [0.25, 0.3) is 0 Å². The van der Waals surface area contributed by atoms with Gasteiger partial charge >= 0.3 is 0 Å². The number of hydrogen-bond donors (Lipinski definition) is 2. The molecule has 0 aliphatic carbocycles. The van der Waals surface area contributed by atoms with Gasteiger partial charge in [0.2, 0.25) is 5.91 Å². The Bertz CT molecular complexity index is 444. The molecule has 1 heterocycles. The van der Waals surface area contributed by atoms with E-state index in [0.29, 0.717) is 6.54 Å². The zero-order valence-electron chi connectivity index (χ0n) is 10.6. The molecule has 98 valence electrons. The first-order chi connectivity index (χ1) is 8.43. The molecule has 1 atom stereocenters. The molecular weight excluding hydrogens is 233 g/mol. The number of hydrogen-bond acceptors (Lipinski definition) is 3. The molecule has 2 rings (SSSR count). The van der Waals surface area contributed by atoms with Crippen molar-refractivity contribution in [3.05, 3.63) is 30.1 Å². The van der Waals surface area contributed by atoms with E-state index in [9.17, 15) is 9.18 Å². The van der Waals surface area contributed by atoms with Gasteiger partial charge < -0.3 is 16.0 Å². The van der Waals surface area contributed by atoms with Crippen molar-refractivity contribution in [3.8, 4) is 0 Å². The summed E-state index contributed by atoms with van der Waals surface area (Å²) in [5.74, 6) is -0.373. The number of amides is 1. The van der Waals surface area contributed by atoms with E-state index < -0.39 is 6.04 Å². The van der Waals surface area contributed by atoms with E-state index in [-0.39, 0.29) is 23.8 Å². The fourth-order valence-corrected chi connectivity index (χ4v) is 2.27. The zero-order valence-corrected chi connectivity index (χ0v) is 10.6. The van der Waals surface area contributed by atoms with E-state index in [4.69, 9.17) is 5.73 Å². The Morgan fingerprint density at radius 2 is 2.06 bits per heavy atom. The van der Waals surface area contributed by atoms with E-state index in [0.717, 1.165) is 5.69 Å². The summed E-state index contributed by atoms with van der Waals surface area (Å²) in [7, 11) is 0. The molecular formula is C13H18FN3O. The third kappa shape index (κ3) is 2.46. The monoisotopic (exact) mass is 251 g/mol. The van der Waals surface area contributed by atoms with Crippen LogP contribution in [0.4, 0.5) is 10.1 Å². The first-order valence-corrected chi connectivity index (χ1v) is 5.97. The first-order valence-electron chi connectivity index (χ1n) is 5.97. The van der Waals surface area contributed by atoms with Crippen LogP contribution in [0.15, 0.2) is 24.3 Å². The van der Waals surface area contributed by atoms with Gasteiger partial charge in [-0.2, -0.15) is 0 Å². The summed E-state index contributed by atoms with van der Waals surface area (Å²) in [5, 5.41) is 2.93. The van der Waals surface area contributed by atoms with E-state index in [2.05, 4.69) is 5.32 Å². The predicted molar refractivity (Wildman–Crippen MR) is 68.8 cm³/mol. The van der Waals surface area contributed by atoms with Gasteiger partial charge in [-0.3, -0.25) is 4.79 Å². The minimum atomic E-state index is -0.400. The van der Waals surface area contributed by atoms with Crippen LogP contribution in [-0.4, -0.2) is 30.6 Å². The Kier molecular flexibility index (Phi) is 3.26. The lowest BCUT2D eigenvalue weighted by Crippen LogP contribution is -2.66. The quantitative estimate of drug-likeness (QED) is 0.820. The number of carbonyl (C=O) groups excluding carboxylic acids is 1. The highest BCUT2D eigenvalue weighted by Crippen LogP contribution is 2.23. The number of benzene rings is 1. The molecule has 5 heteroatoms. The summed E-state index contributed by atoms with van der Waals surface area (Å²) in [5.41, 5.74) is 6.16. The predicted octanol–water partition coefficient (Wildman–Crippen LogP) is 0.868. The summed E-state index contributed by atoms with van der Waals surface area (Å²) in [6.45, 7) is 4.79. The maximum atomic E-state index is 12.9. The third-order valence-corrected chi connectivity index (χ3v) is 3.09. The number of rotatable bonds is 2. The highest BCUT2D eigenvalue weighted by Gasteiger charge is 2.37. The molecule has 1 aromatic carbocycles. The molecule has 4 nitrogen and oxygen atoms in total. The number of nitrogens with two attached hydrogens (primary N) is 1. The van der Waals surface area contributed by atoms with Gasteiger partial charge in [-0.15, -0.1) is 0 Å². The normalized spacial score (nSPS) is 22.8. The molecule has 1 saturated heterocycles. The number of piperazine rings is 1. The lowest BCUT2D eigenvalue weighted by atomic mass is 9.97. The van der Waals surface area contributed by atoms with Gasteiger partial charge in [0.05, 0.1) is 5.54 Å². The largest absolute Gasteiger partial charge is 0.356 e. The fourth-order valence-electron chi connectivity index (χ4n) is 2.27. The Balaban J connectivity index is 2.32. The molecule has 0 spiro atoms. The van der Waals surface area contributed by atoms with Gasteiger partial charge in [-0.05, 0) is 38.1 Å².